The van der Waals surface area contributed by atoms with E-state index in [9.17, 15) is 0 Å². The molecule has 3 aromatic carbocycles. The third kappa shape index (κ3) is 4.54. The molecule has 0 aliphatic heterocycles. The van der Waals surface area contributed by atoms with E-state index in [-0.39, 0.29) is 18.5 Å². The molecule has 29 heavy (non-hydrogen) atoms. The molecule has 1 heterocycles. The van der Waals surface area contributed by atoms with Crippen LogP contribution in [0.4, 0.5) is 0 Å². The van der Waals surface area contributed by atoms with Crippen molar-refractivity contribution < 1.29 is 4.74 Å². The summed E-state index contributed by atoms with van der Waals surface area (Å²) in [5.74, 6) is 0.914. The van der Waals surface area contributed by atoms with E-state index in [2.05, 4.69) is 80.6 Å². The van der Waals surface area contributed by atoms with Gasteiger partial charge in [-0.2, -0.15) is 0 Å². The Bertz CT molecular complexity index is 1080. The van der Waals surface area contributed by atoms with E-state index < -0.39 is 0 Å². The van der Waals surface area contributed by atoms with Crippen molar-refractivity contribution in [3.8, 4) is 5.75 Å². The van der Waals surface area contributed by atoms with Crippen molar-refractivity contribution in [2.24, 2.45) is 0 Å². The maximum absolute atomic E-state index is 6.53. The molecule has 4 rings (SSSR count). The molecule has 150 valence electrons. The second-order valence-electron chi connectivity index (χ2n) is 7.33. The third-order valence-corrected chi connectivity index (χ3v) is 5.40. The summed E-state index contributed by atoms with van der Waals surface area (Å²) in [7, 11) is 0. The first-order valence-electron chi connectivity index (χ1n) is 10.3. The fourth-order valence-electron chi connectivity index (χ4n) is 3.91. The first-order valence-corrected chi connectivity index (χ1v) is 10.3. The van der Waals surface area contributed by atoms with Crippen LogP contribution in [0.1, 0.15) is 50.3 Å². The highest BCUT2D eigenvalue weighted by Gasteiger charge is 2.15. The monoisotopic (exact) mass is 405 g/mol. The molecule has 3 heteroatoms. The molecule has 0 radical (unpaired) electrons. The summed E-state index contributed by atoms with van der Waals surface area (Å²) in [6.45, 7) is 4.42. The van der Waals surface area contributed by atoms with Gasteiger partial charge in [-0.1, -0.05) is 74.9 Å². The molecule has 0 spiro atoms. The number of rotatable bonds is 7. The van der Waals surface area contributed by atoms with E-state index in [4.69, 9.17) is 9.72 Å². The molecular weight excluding hydrogens is 378 g/mol. The lowest BCUT2D eigenvalue weighted by Gasteiger charge is -2.21. The second-order valence-corrected chi connectivity index (χ2v) is 7.33. The first kappa shape index (κ1) is 21.1. The molecule has 0 aliphatic rings. The first-order chi connectivity index (χ1) is 13.8. The number of fused-ring (bicyclic) bond motifs is 3. The van der Waals surface area contributed by atoms with Crippen molar-refractivity contribution in [3.05, 3.63) is 84.1 Å². The molecule has 1 unspecified atom stereocenters. The van der Waals surface area contributed by atoms with E-state index in [0.717, 1.165) is 36.9 Å². The van der Waals surface area contributed by atoms with Crippen LogP contribution >= 0.6 is 12.4 Å². The molecule has 0 saturated heterocycles. The number of pyridine rings is 1. The van der Waals surface area contributed by atoms with Gasteiger partial charge in [0.1, 0.15) is 11.9 Å². The lowest BCUT2D eigenvalue weighted by Crippen LogP contribution is -2.08. The van der Waals surface area contributed by atoms with Gasteiger partial charge in [-0.15, -0.1) is 12.4 Å². The van der Waals surface area contributed by atoms with Crippen LogP contribution in [-0.2, 0) is 6.42 Å². The lowest BCUT2D eigenvalue weighted by molar-refractivity contribution is 0.191. The average molecular weight is 406 g/mol. The average Bonchev–Trinajstić information content (AvgIpc) is 2.76. The highest BCUT2D eigenvalue weighted by Crippen LogP contribution is 2.33. The number of unbranched alkanes of at least 4 members (excludes halogenated alkanes) is 1. The Morgan fingerprint density at radius 2 is 1.69 bits per heavy atom. The van der Waals surface area contributed by atoms with Gasteiger partial charge in [-0.05, 0) is 41.8 Å². The summed E-state index contributed by atoms with van der Waals surface area (Å²) >= 11 is 0. The van der Waals surface area contributed by atoms with Crippen LogP contribution in [0.15, 0.2) is 72.9 Å². The summed E-state index contributed by atoms with van der Waals surface area (Å²) in [6.07, 6.45) is 6.32. The van der Waals surface area contributed by atoms with Crippen molar-refractivity contribution in [1.29, 1.82) is 0 Å². The minimum atomic E-state index is 0. The third-order valence-electron chi connectivity index (χ3n) is 5.40. The van der Waals surface area contributed by atoms with Crippen molar-refractivity contribution in [2.75, 3.05) is 0 Å². The van der Waals surface area contributed by atoms with Crippen LogP contribution in [-0.4, -0.2) is 4.98 Å². The normalized spacial score (nSPS) is 11.9. The Labute approximate surface area is 179 Å². The Morgan fingerprint density at radius 1 is 0.931 bits per heavy atom. The minimum absolute atomic E-state index is 0. The summed E-state index contributed by atoms with van der Waals surface area (Å²) in [4.78, 5) is 4.74. The Balaban J connectivity index is 0.00000240. The van der Waals surface area contributed by atoms with E-state index in [1.807, 2.05) is 6.20 Å². The largest absolute Gasteiger partial charge is 0.486 e. The van der Waals surface area contributed by atoms with Crippen LogP contribution in [0.5, 0.6) is 5.75 Å². The molecule has 2 nitrogen and oxygen atoms in total. The maximum atomic E-state index is 6.53. The molecular formula is C26H28ClNO. The highest BCUT2D eigenvalue weighted by molar-refractivity contribution is 6.07. The lowest BCUT2D eigenvalue weighted by atomic mass is 9.99. The fraction of sp³-hybridized carbons (Fsp3) is 0.269. The molecule has 0 bridgehead atoms. The maximum Gasteiger partial charge on any atom is 0.124 e. The number of halogens is 1. The molecule has 0 N–H and O–H groups in total. The van der Waals surface area contributed by atoms with Crippen LogP contribution in [0.2, 0.25) is 0 Å². The van der Waals surface area contributed by atoms with Crippen LogP contribution < -0.4 is 4.74 Å². The second kappa shape index (κ2) is 9.76. The van der Waals surface area contributed by atoms with E-state index in [1.54, 1.807) is 0 Å². The summed E-state index contributed by atoms with van der Waals surface area (Å²) in [5, 5.41) is 3.70. The summed E-state index contributed by atoms with van der Waals surface area (Å²) in [5.41, 5.74) is 3.54. The van der Waals surface area contributed by atoms with E-state index >= 15 is 0 Å². The standard InChI is InChI=1S/C26H27NO.ClH/c1-3-5-15-25(20-11-7-6-8-12-20)28-22-16-19(4-2)26-23-14-10-9-13-21(23)18-27-24(26)17-22;/h6-14,16-18,25H,3-5,15H2,1-2H3;1H. The number of hydrogen-bond donors (Lipinski definition) is 0. The Kier molecular flexibility index (Phi) is 7.11. The number of aromatic nitrogens is 1. The smallest absolute Gasteiger partial charge is 0.124 e. The van der Waals surface area contributed by atoms with Gasteiger partial charge in [0.05, 0.1) is 5.52 Å². The number of ether oxygens (including phenoxy) is 1. The number of benzene rings is 3. The van der Waals surface area contributed by atoms with Crippen LogP contribution in [0.3, 0.4) is 0 Å². The molecule has 1 atom stereocenters. The predicted octanol–water partition coefficient (Wildman–Crippen LogP) is 7.68. The number of aryl methyl sites for hydroxylation is 1. The number of nitrogens with zero attached hydrogens (tertiary/aromatic N) is 1. The highest BCUT2D eigenvalue weighted by atomic mass is 35.5. The quantitative estimate of drug-likeness (QED) is 0.294. The zero-order valence-electron chi connectivity index (χ0n) is 17.1. The zero-order chi connectivity index (χ0) is 19.3. The summed E-state index contributed by atoms with van der Waals surface area (Å²) < 4.78 is 6.53. The van der Waals surface area contributed by atoms with Crippen LogP contribution in [0.25, 0.3) is 21.7 Å². The molecule has 0 aliphatic carbocycles. The van der Waals surface area contributed by atoms with Gasteiger partial charge in [0.2, 0.25) is 0 Å². The van der Waals surface area contributed by atoms with E-state index in [0.29, 0.717) is 0 Å². The van der Waals surface area contributed by atoms with Gasteiger partial charge in [-0.25, -0.2) is 0 Å². The summed E-state index contributed by atoms with van der Waals surface area (Å²) in [6, 6.07) is 23.3. The number of hydrogen-bond acceptors (Lipinski definition) is 2. The molecule has 0 saturated carbocycles. The van der Waals surface area contributed by atoms with E-state index in [1.165, 1.54) is 27.3 Å². The van der Waals surface area contributed by atoms with Crippen molar-refractivity contribution in [1.82, 2.24) is 4.98 Å². The van der Waals surface area contributed by atoms with Gasteiger partial charge >= 0.3 is 0 Å². The molecule has 4 aromatic rings. The van der Waals surface area contributed by atoms with Crippen molar-refractivity contribution in [3.63, 3.8) is 0 Å². The van der Waals surface area contributed by atoms with Crippen molar-refractivity contribution in [2.45, 2.75) is 45.6 Å². The SMILES string of the molecule is CCCCC(Oc1cc(CC)c2c(c1)ncc1ccccc12)c1ccccc1.Cl. The zero-order valence-corrected chi connectivity index (χ0v) is 17.9. The molecule has 0 amide bonds. The molecule has 0 fully saturated rings. The van der Waals surface area contributed by atoms with Gasteiger partial charge in [0, 0.05) is 23.0 Å². The predicted molar refractivity (Wildman–Crippen MR) is 125 cm³/mol. The van der Waals surface area contributed by atoms with Gasteiger partial charge in [-0.3, -0.25) is 4.98 Å². The van der Waals surface area contributed by atoms with Crippen LogP contribution in [0, 0.1) is 0 Å². The minimum Gasteiger partial charge on any atom is -0.486 e. The van der Waals surface area contributed by atoms with Gasteiger partial charge in [0.25, 0.3) is 0 Å². The topological polar surface area (TPSA) is 22.1 Å². The van der Waals surface area contributed by atoms with Crippen molar-refractivity contribution >= 4 is 34.1 Å². The fourth-order valence-corrected chi connectivity index (χ4v) is 3.91. The Morgan fingerprint density at radius 3 is 2.45 bits per heavy atom. The van der Waals surface area contributed by atoms with Gasteiger partial charge in [0.15, 0.2) is 0 Å². The Hall–Kier alpha value is -2.58. The molecule has 1 aromatic heterocycles. The van der Waals surface area contributed by atoms with Gasteiger partial charge < -0.3 is 4.74 Å².